The Bertz CT molecular complexity index is 84.5. The van der Waals surface area contributed by atoms with Crippen LogP contribution >= 0.6 is 0 Å². The third-order valence-electron chi connectivity index (χ3n) is 1.13. The maximum Gasteiger partial charge on any atom is 0.201 e. The van der Waals surface area contributed by atoms with Gasteiger partial charge in [0.05, 0.1) is 6.67 Å². The third-order valence-corrected chi connectivity index (χ3v) is 1.13. The van der Waals surface area contributed by atoms with Gasteiger partial charge in [-0.25, -0.2) is 5.32 Å². The summed E-state index contributed by atoms with van der Waals surface area (Å²) in [6.45, 7) is 0.725. The molecule has 0 aromatic rings. The van der Waals surface area contributed by atoms with Crippen molar-refractivity contribution in [2.45, 2.75) is 12.7 Å². The van der Waals surface area contributed by atoms with E-state index in [0.717, 1.165) is 6.67 Å². The van der Waals surface area contributed by atoms with Gasteiger partial charge in [-0.1, -0.05) is 0 Å². The number of fused-ring (bicyclic) bond motifs is 2. The first-order chi connectivity index (χ1) is 3.95. The fourth-order valence-corrected chi connectivity index (χ4v) is 0.734. The van der Waals surface area contributed by atoms with Gasteiger partial charge in [0.25, 0.3) is 0 Å². The molecule has 46 valence electrons. The van der Waals surface area contributed by atoms with Crippen LogP contribution < -0.4 is 16.0 Å². The zero-order valence-corrected chi connectivity index (χ0v) is 4.18. The number of hydrogen-bond acceptors (Lipinski definition) is 5. The SMILES string of the molecule is C1NC2NC(N1)OO2. The van der Waals surface area contributed by atoms with Crippen molar-refractivity contribution in [2.24, 2.45) is 0 Å². The Labute approximate surface area is 46.3 Å². The van der Waals surface area contributed by atoms with Crippen molar-refractivity contribution in [3.05, 3.63) is 0 Å². The minimum atomic E-state index is -0.124. The molecule has 0 amide bonds. The van der Waals surface area contributed by atoms with Crippen LogP contribution in [-0.2, 0) is 9.78 Å². The zero-order valence-electron chi connectivity index (χ0n) is 4.18. The molecule has 5 nitrogen and oxygen atoms in total. The molecule has 2 atom stereocenters. The zero-order chi connectivity index (χ0) is 5.40. The second kappa shape index (κ2) is 1.64. The molecule has 2 fully saturated rings. The van der Waals surface area contributed by atoms with Crippen molar-refractivity contribution in [1.82, 2.24) is 16.0 Å². The Hall–Kier alpha value is -0.200. The highest BCUT2D eigenvalue weighted by Gasteiger charge is 2.28. The van der Waals surface area contributed by atoms with Gasteiger partial charge in [0.1, 0.15) is 0 Å². The summed E-state index contributed by atoms with van der Waals surface area (Å²) < 4.78 is 0. The molecule has 2 saturated heterocycles. The van der Waals surface area contributed by atoms with Crippen LogP contribution in [0.1, 0.15) is 0 Å². The monoisotopic (exact) mass is 117 g/mol. The molecule has 2 aliphatic heterocycles. The molecule has 2 aliphatic rings. The van der Waals surface area contributed by atoms with Crippen LogP contribution in [0.4, 0.5) is 0 Å². The number of rotatable bonds is 0. The summed E-state index contributed by atoms with van der Waals surface area (Å²) in [5.74, 6) is 0. The van der Waals surface area contributed by atoms with E-state index in [1.54, 1.807) is 0 Å². The molecular weight excluding hydrogens is 110 g/mol. The summed E-state index contributed by atoms with van der Waals surface area (Å²) in [7, 11) is 0. The summed E-state index contributed by atoms with van der Waals surface area (Å²) >= 11 is 0. The van der Waals surface area contributed by atoms with Crippen molar-refractivity contribution in [3.63, 3.8) is 0 Å². The first kappa shape index (κ1) is 4.66. The topological polar surface area (TPSA) is 54.5 Å². The standard InChI is InChI=1S/C3H7N3O2/c1-4-2-6-3(5-1)8-7-2/h2-6H,1H2. The summed E-state index contributed by atoms with van der Waals surface area (Å²) in [6.07, 6.45) is -0.248. The van der Waals surface area contributed by atoms with E-state index in [2.05, 4.69) is 16.0 Å². The van der Waals surface area contributed by atoms with E-state index >= 15 is 0 Å². The van der Waals surface area contributed by atoms with E-state index in [1.807, 2.05) is 0 Å². The molecule has 5 heteroatoms. The van der Waals surface area contributed by atoms with Gasteiger partial charge < -0.3 is 0 Å². The molecule has 2 heterocycles. The van der Waals surface area contributed by atoms with Crippen molar-refractivity contribution in [2.75, 3.05) is 6.67 Å². The average molecular weight is 117 g/mol. The maximum absolute atomic E-state index is 4.69. The Balaban J connectivity index is 2.03. The Morgan fingerprint density at radius 1 is 1.12 bits per heavy atom. The van der Waals surface area contributed by atoms with Crippen LogP contribution in [0, 0.1) is 0 Å². The van der Waals surface area contributed by atoms with E-state index in [1.165, 1.54) is 0 Å². The third kappa shape index (κ3) is 0.610. The van der Waals surface area contributed by atoms with Crippen LogP contribution in [0.3, 0.4) is 0 Å². The highest BCUT2D eigenvalue weighted by molar-refractivity contribution is 4.65. The lowest BCUT2D eigenvalue weighted by Gasteiger charge is -2.17. The molecule has 0 aromatic carbocycles. The predicted molar refractivity (Wildman–Crippen MR) is 24.0 cm³/mol. The molecule has 0 aliphatic carbocycles. The molecule has 0 saturated carbocycles. The van der Waals surface area contributed by atoms with Crippen LogP contribution in [0.25, 0.3) is 0 Å². The number of hydrogen-bond donors (Lipinski definition) is 3. The first-order valence-electron chi connectivity index (χ1n) is 2.50. The van der Waals surface area contributed by atoms with E-state index < -0.39 is 0 Å². The minimum Gasteiger partial charge on any atom is -0.264 e. The smallest absolute Gasteiger partial charge is 0.201 e. The van der Waals surface area contributed by atoms with Crippen LogP contribution in [-0.4, -0.2) is 19.4 Å². The van der Waals surface area contributed by atoms with Gasteiger partial charge in [-0.2, -0.15) is 9.78 Å². The van der Waals surface area contributed by atoms with Gasteiger partial charge >= 0.3 is 0 Å². The van der Waals surface area contributed by atoms with E-state index in [0.29, 0.717) is 0 Å². The second-order valence-electron chi connectivity index (χ2n) is 1.70. The summed E-state index contributed by atoms with van der Waals surface area (Å²) in [6, 6.07) is 0. The summed E-state index contributed by atoms with van der Waals surface area (Å²) in [4.78, 5) is 9.38. The maximum atomic E-state index is 4.69. The first-order valence-corrected chi connectivity index (χ1v) is 2.50. The van der Waals surface area contributed by atoms with Gasteiger partial charge in [-0.3, -0.25) is 10.6 Å². The molecule has 0 spiro atoms. The number of nitrogens with one attached hydrogen (secondary N) is 3. The van der Waals surface area contributed by atoms with E-state index in [-0.39, 0.29) is 12.7 Å². The van der Waals surface area contributed by atoms with Gasteiger partial charge in [0, 0.05) is 0 Å². The molecule has 3 N–H and O–H groups in total. The van der Waals surface area contributed by atoms with Gasteiger partial charge in [0.2, 0.25) is 12.7 Å². The van der Waals surface area contributed by atoms with Gasteiger partial charge in [-0.05, 0) is 0 Å². The highest BCUT2D eigenvalue weighted by atomic mass is 17.2. The summed E-state index contributed by atoms with van der Waals surface area (Å²) in [5.41, 5.74) is 0. The van der Waals surface area contributed by atoms with Crippen molar-refractivity contribution in [3.8, 4) is 0 Å². The van der Waals surface area contributed by atoms with E-state index in [9.17, 15) is 0 Å². The lowest BCUT2D eigenvalue weighted by molar-refractivity contribution is -0.296. The molecule has 8 heavy (non-hydrogen) atoms. The lowest BCUT2D eigenvalue weighted by Crippen LogP contribution is -2.56. The fourth-order valence-electron chi connectivity index (χ4n) is 0.734. The average Bonchev–Trinajstić information content (AvgIpc) is 2.12. The van der Waals surface area contributed by atoms with Crippen LogP contribution in [0.15, 0.2) is 0 Å². The van der Waals surface area contributed by atoms with Crippen molar-refractivity contribution in [1.29, 1.82) is 0 Å². The molecule has 2 unspecified atom stereocenters. The molecule has 2 rings (SSSR count). The Morgan fingerprint density at radius 2 is 1.75 bits per heavy atom. The predicted octanol–water partition coefficient (Wildman–Crippen LogP) is -1.74. The van der Waals surface area contributed by atoms with Gasteiger partial charge in [0.15, 0.2) is 0 Å². The normalized spacial score (nSPS) is 45.0. The summed E-state index contributed by atoms with van der Waals surface area (Å²) in [5, 5.41) is 8.81. The van der Waals surface area contributed by atoms with Gasteiger partial charge in [-0.15, -0.1) is 0 Å². The molecular formula is C3H7N3O2. The van der Waals surface area contributed by atoms with E-state index in [4.69, 9.17) is 9.78 Å². The minimum absolute atomic E-state index is 0.124. The molecule has 2 bridgehead atoms. The highest BCUT2D eigenvalue weighted by Crippen LogP contribution is 2.01. The molecule has 0 radical (unpaired) electrons. The fraction of sp³-hybridized carbons (Fsp3) is 1.00. The Morgan fingerprint density at radius 3 is 2.25 bits per heavy atom. The van der Waals surface area contributed by atoms with Crippen LogP contribution in [0.5, 0.6) is 0 Å². The van der Waals surface area contributed by atoms with Crippen LogP contribution in [0.2, 0.25) is 0 Å². The Kier molecular flexibility index (Phi) is 0.956. The largest absolute Gasteiger partial charge is 0.264 e. The molecule has 0 aromatic heterocycles. The van der Waals surface area contributed by atoms with Crippen molar-refractivity contribution < 1.29 is 9.78 Å². The lowest BCUT2D eigenvalue weighted by atomic mass is 10.7. The van der Waals surface area contributed by atoms with Crippen molar-refractivity contribution >= 4 is 0 Å². The quantitative estimate of drug-likeness (QED) is 0.329. The second-order valence-corrected chi connectivity index (χ2v) is 1.70.